The molecule has 0 aromatic carbocycles. The van der Waals surface area contributed by atoms with Crippen molar-refractivity contribution in [1.29, 1.82) is 0 Å². The summed E-state index contributed by atoms with van der Waals surface area (Å²) < 4.78 is 5.65. The van der Waals surface area contributed by atoms with Gasteiger partial charge in [0.1, 0.15) is 9.88 Å². The van der Waals surface area contributed by atoms with Gasteiger partial charge in [0.05, 0.1) is 11.1 Å². The van der Waals surface area contributed by atoms with Crippen LogP contribution in [-0.4, -0.2) is 18.5 Å². The SMILES string of the molecule is CCOC(=O)c1sc(NC(C)=O)c(Br)c1C. The van der Waals surface area contributed by atoms with Crippen LogP contribution < -0.4 is 5.32 Å². The Labute approximate surface area is 106 Å². The van der Waals surface area contributed by atoms with Crippen molar-refractivity contribution in [1.82, 2.24) is 0 Å². The van der Waals surface area contributed by atoms with Crippen LogP contribution in [0.25, 0.3) is 0 Å². The van der Waals surface area contributed by atoms with Crippen molar-refractivity contribution in [3.63, 3.8) is 0 Å². The zero-order valence-electron chi connectivity index (χ0n) is 9.22. The molecule has 0 saturated heterocycles. The first-order valence-corrected chi connectivity index (χ1v) is 6.31. The van der Waals surface area contributed by atoms with Crippen LogP contribution in [-0.2, 0) is 9.53 Å². The first kappa shape index (κ1) is 13.2. The second kappa shape index (κ2) is 5.45. The first-order chi connectivity index (χ1) is 7.47. The largest absolute Gasteiger partial charge is 0.462 e. The molecule has 1 N–H and O–H groups in total. The number of hydrogen-bond acceptors (Lipinski definition) is 4. The van der Waals surface area contributed by atoms with Crippen LogP contribution in [0.4, 0.5) is 5.00 Å². The first-order valence-electron chi connectivity index (χ1n) is 4.71. The molecule has 1 amide bonds. The van der Waals surface area contributed by atoms with E-state index in [0.717, 1.165) is 10.0 Å². The van der Waals surface area contributed by atoms with Gasteiger partial charge in [-0.1, -0.05) is 0 Å². The molecular weight excluding hydrogens is 294 g/mol. The number of carbonyl (C=O) groups is 2. The fraction of sp³-hybridized carbons (Fsp3) is 0.400. The summed E-state index contributed by atoms with van der Waals surface area (Å²) in [7, 11) is 0. The maximum absolute atomic E-state index is 11.6. The van der Waals surface area contributed by atoms with Crippen LogP contribution in [0.1, 0.15) is 29.1 Å². The molecule has 1 rings (SSSR count). The second-order valence-corrected chi connectivity index (χ2v) is 4.91. The zero-order valence-corrected chi connectivity index (χ0v) is 11.6. The highest BCUT2D eigenvalue weighted by molar-refractivity contribution is 9.10. The van der Waals surface area contributed by atoms with E-state index < -0.39 is 0 Å². The number of amides is 1. The predicted octanol–water partition coefficient (Wildman–Crippen LogP) is 2.95. The monoisotopic (exact) mass is 305 g/mol. The quantitative estimate of drug-likeness (QED) is 0.874. The molecule has 6 heteroatoms. The Hall–Kier alpha value is -0.880. The lowest BCUT2D eigenvalue weighted by atomic mass is 10.3. The van der Waals surface area contributed by atoms with Gasteiger partial charge in [0.15, 0.2) is 0 Å². The van der Waals surface area contributed by atoms with E-state index in [1.54, 1.807) is 13.8 Å². The third-order valence-electron chi connectivity index (χ3n) is 1.82. The van der Waals surface area contributed by atoms with E-state index in [-0.39, 0.29) is 11.9 Å². The van der Waals surface area contributed by atoms with Crippen molar-refractivity contribution < 1.29 is 14.3 Å². The van der Waals surface area contributed by atoms with Crippen LogP contribution in [0.5, 0.6) is 0 Å². The number of carbonyl (C=O) groups excluding carboxylic acids is 2. The van der Waals surface area contributed by atoms with E-state index in [9.17, 15) is 9.59 Å². The van der Waals surface area contributed by atoms with E-state index in [4.69, 9.17) is 4.74 Å². The number of hydrogen-bond donors (Lipinski definition) is 1. The van der Waals surface area contributed by atoms with Crippen molar-refractivity contribution in [3.05, 3.63) is 14.9 Å². The molecule has 0 fully saturated rings. The lowest BCUT2D eigenvalue weighted by Gasteiger charge is -1.98. The molecular formula is C10H12BrNO3S. The van der Waals surface area contributed by atoms with Gasteiger partial charge in [-0.05, 0) is 35.3 Å². The van der Waals surface area contributed by atoms with Gasteiger partial charge < -0.3 is 10.1 Å². The van der Waals surface area contributed by atoms with Gasteiger partial charge in [-0.25, -0.2) is 4.79 Å². The summed E-state index contributed by atoms with van der Waals surface area (Å²) in [5.41, 5.74) is 0.784. The molecule has 0 spiro atoms. The highest BCUT2D eigenvalue weighted by Crippen LogP contribution is 2.37. The van der Waals surface area contributed by atoms with E-state index in [1.165, 1.54) is 18.3 Å². The van der Waals surface area contributed by atoms with E-state index in [1.807, 2.05) is 0 Å². The molecule has 1 heterocycles. The van der Waals surface area contributed by atoms with Gasteiger partial charge in [-0.2, -0.15) is 0 Å². The maximum Gasteiger partial charge on any atom is 0.348 e. The number of thiophene rings is 1. The number of anilines is 1. The Balaban J connectivity index is 3.04. The van der Waals surface area contributed by atoms with Crippen molar-refractivity contribution in [2.24, 2.45) is 0 Å². The lowest BCUT2D eigenvalue weighted by Crippen LogP contribution is -2.04. The standard InChI is InChI=1S/C10H12BrNO3S/c1-4-15-10(14)8-5(2)7(11)9(16-8)12-6(3)13/h4H2,1-3H3,(H,12,13). The van der Waals surface area contributed by atoms with Crippen molar-refractivity contribution in [2.75, 3.05) is 11.9 Å². The summed E-state index contributed by atoms with van der Waals surface area (Å²) in [5.74, 6) is -0.528. The van der Waals surface area contributed by atoms with Crippen LogP contribution in [0.2, 0.25) is 0 Å². The van der Waals surface area contributed by atoms with E-state index >= 15 is 0 Å². The molecule has 0 aliphatic heterocycles. The van der Waals surface area contributed by atoms with Gasteiger partial charge in [0.2, 0.25) is 5.91 Å². The van der Waals surface area contributed by atoms with Gasteiger partial charge in [-0.15, -0.1) is 11.3 Å². The van der Waals surface area contributed by atoms with Gasteiger partial charge >= 0.3 is 5.97 Å². The summed E-state index contributed by atoms with van der Waals surface area (Å²) >= 11 is 4.55. The lowest BCUT2D eigenvalue weighted by molar-refractivity contribution is -0.114. The number of rotatable bonds is 3. The zero-order chi connectivity index (χ0) is 12.3. The van der Waals surface area contributed by atoms with Crippen LogP contribution in [0.15, 0.2) is 4.47 Å². The van der Waals surface area contributed by atoms with Gasteiger partial charge in [-0.3, -0.25) is 4.79 Å². The topological polar surface area (TPSA) is 55.4 Å². The highest BCUT2D eigenvalue weighted by atomic mass is 79.9. The minimum Gasteiger partial charge on any atom is -0.462 e. The Bertz CT molecular complexity index is 428. The minimum absolute atomic E-state index is 0.169. The highest BCUT2D eigenvalue weighted by Gasteiger charge is 2.19. The number of esters is 1. The molecule has 0 unspecified atom stereocenters. The minimum atomic E-state index is -0.359. The number of nitrogens with one attached hydrogen (secondary N) is 1. The van der Waals surface area contributed by atoms with Crippen LogP contribution in [0, 0.1) is 6.92 Å². The fourth-order valence-electron chi connectivity index (χ4n) is 1.13. The summed E-state index contributed by atoms with van der Waals surface area (Å²) in [5, 5.41) is 3.29. The van der Waals surface area contributed by atoms with Gasteiger partial charge in [0.25, 0.3) is 0 Å². The molecule has 1 aromatic heterocycles. The summed E-state index contributed by atoms with van der Waals surface area (Å²) in [4.78, 5) is 23.0. The molecule has 0 aliphatic rings. The maximum atomic E-state index is 11.6. The molecule has 0 bridgehead atoms. The Morgan fingerprint density at radius 2 is 2.12 bits per heavy atom. The predicted molar refractivity (Wildman–Crippen MR) is 67.0 cm³/mol. The molecule has 16 heavy (non-hydrogen) atoms. The molecule has 4 nitrogen and oxygen atoms in total. The van der Waals surface area contributed by atoms with Crippen molar-refractivity contribution in [2.45, 2.75) is 20.8 Å². The molecule has 0 aliphatic carbocycles. The Kier molecular flexibility index (Phi) is 4.49. The average molecular weight is 306 g/mol. The second-order valence-electron chi connectivity index (χ2n) is 3.10. The average Bonchev–Trinajstić information content (AvgIpc) is 2.46. The smallest absolute Gasteiger partial charge is 0.348 e. The molecule has 88 valence electrons. The van der Waals surface area contributed by atoms with Crippen molar-refractivity contribution in [3.8, 4) is 0 Å². The summed E-state index contributed by atoms with van der Waals surface area (Å²) in [6.07, 6.45) is 0. The molecule has 0 radical (unpaired) electrons. The third-order valence-corrected chi connectivity index (χ3v) is 4.26. The molecule has 0 atom stereocenters. The summed E-state index contributed by atoms with van der Waals surface area (Å²) in [6, 6.07) is 0. The fourth-order valence-corrected chi connectivity index (χ4v) is 2.84. The Morgan fingerprint density at radius 1 is 1.50 bits per heavy atom. The number of halogens is 1. The number of ether oxygens (including phenoxy) is 1. The normalized spacial score (nSPS) is 10.0. The molecule has 1 aromatic rings. The third kappa shape index (κ3) is 2.82. The van der Waals surface area contributed by atoms with Crippen LogP contribution >= 0.6 is 27.3 Å². The van der Waals surface area contributed by atoms with Gasteiger partial charge in [0, 0.05) is 6.92 Å². The molecule has 0 saturated carbocycles. The van der Waals surface area contributed by atoms with Crippen molar-refractivity contribution >= 4 is 44.1 Å². The summed E-state index contributed by atoms with van der Waals surface area (Å²) in [6.45, 7) is 5.32. The van der Waals surface area contributed by atoms with Crippen LogP contribution in [0.3, 0.4) is 0 Å². The Morgan fingerprint density at radius 3 is 2.62 bits per heavy atom. The van der Waals surface area contributed by atoms with E-state index in [2.05, 4.69) is 21.2 Å². The van der Waals surface area contributed by atoms with E-state index in [0.29, 0.717) is 16.5 Å².